The van der Waals surface area contributed by atoms with E-state index in [0.717, 1.165) is 43.1 Å². The largest absolute Gasteiger partial charge is 0.493 e. The van der Waals surface area contributed by atoms with Gasteiger partial charge in [-0.05, 0) is 57.4 Å². The van der Waals surface area contributed by atoms with Gasteiger partial charge in [-0.25, -0.2) is 0 Å². The van der Waals surface area contributed by atoms with Gasteiger partial charge in [0, 0.05) is 17.1 Å². The van der Waals surface area contributed by atoms with Gasteiger partial charge >= 0.3 is 0 Å². The summed E-state index contributed by atoms with van der Waals surface area (Å²) in [5, 5.41) is 4.16. The molecule has 2 aromatic carbocycles. The maximum absolute atomic E-state index is 6.17. The first-order valence-electron chi connectivity index (χ1n) is 8.48. The molecule has 4 nitrogen and oxygen atoms in total. The molecule has 2 aromatic rings. The van der Waals surface area contributed by atoms with Crippen molar-refractivity contribution in [1.82, 2.24) is 10.2 Å². The van der Waals surface area contributed by atoms with Gasteiger partial charge < -0.3 is 19.7 Å². The second-order valence-electron chi connectivity index (χ2n) is 6.20. The molecular formula is C20H29Cl3N2O2. The van der Waals surface area contributed by atoms with Crippen molar-refractivity contribution in [2.45, 2.75) is 19.6 Å². The summed E-state index contributed by atoms with van der Waals surface area (Å²) in [6, 6.07) is 13.7. The number of nitrogens with one attached hydrogen (secondary N) is 1. The molecule has 0 amide bonds. The zero-order valence-electron chi connectivity index (χ0n) is 16.0. The molecule has 27 heavy (non-hydrogen) atoms. The van der Waals surface area contributed by atoms with Crippen LogP contribution in [0.15, 0.2) is 42.5 Å². The lowest BCUT2D eigenvalue weighted by Crippen LogP contribution is -2.21. The van der Waals surface area contributed by atoms with E-state index >= 15 is 0 Å². The summed E-state index contributed by atoms with van der Waals surface area (Å²) in [6.07, 6.45) is 1.13. The van der Waals surface area contributed by atoms with E-state index in [-0.39, 0.29) is 24.8 Å². The highest BCUT2D eigenvalue weighted by Crippen LogP contribution is 2.29. The van der Waals surface area contributed by atoms with Crippen LogP contribution < -0.4 is 14.8 Å². The van der Waals surface area contributed by atoms with Gasteiger partial charge in [0.05, 0.1) is 7.11 Å². The van der Waals surface area contributed by atoms with Gasteiger partial charge in [-0.1, -0.05) is 35.9 Å². The van der Waals surface area contributed by atoms with E-state index in [1.165, 1.54) is 5.56 Å². The zero-order valence-corrected chi connectivity index (χ0v) is 18.4. The Morgan fingerprint density at radius 3 is 2.44 bits per heavy atom. The third kappa shape index (κ3) is 9.04. The lowest BCUT2D eigenvalue weighted by atomic mass is 10.2. The fourth-order valence-corrected chi connectivity index (χ4v) is 2.66. The van der Waals surface area contributed by atoms with Gasteiger partial charge in [0.1, 0.15) is 6.61 Å². The van der Waals surface area contributed by atoms with Crippen molar-refractivity contribution in [3.8, 4) is 11.5 Å². The average Bonchev–Trinajstić information content (AvgIpc) is 2.61. The van der Waals surface area contributed by atoms with E-state index < -0.39 is 0 Å². The van der Waals surface area contributed by atoms with E-state index in [0.29, 0.717) is 11.6 Å². The number of methoxy groups -OCH3 is 1. The number of halogens is 3. The molecule has 0 atom stereocenters. The Labute approximate surface area is 180 Å². The Morgan fingerprint density at radius 1 is 1.04 bits per heavy atom. The van der Waals surface area contributed by atoms with E-state index in [2.05, 4.69) is 30.4 Å². The van der Waals surface area contributed by atoms with Crippen molar-refractivity contribution in [3.63, 3.8) is 0 Å². The first-order chi connectivity index (χ1) is 12.1. The summed E-state index contributed by atoms with van der Waals surface area (Å²) in [5.74, 6) is 1.46. The molecule has 0 bridgehead atoms. The van der Waals surface area contributed by atoms with Crippen LogP contribution in [0.2, 0.25) is 5.02 Å². The summed E-state index contributed by atoms with van der Waals surface area (Å²) in [4.78, 5) is 2.19. The Balaban J connectivity index is 0.00000338. The van der Waals surface area contributed by atoms with Crippen molar-refractivity contribution in [1.29, 1.82) is 0 Å². The highest BCUT2D eigenvalue weighted by atomic mass is 35.5. The summed E-state index contributed by atoms with van der Waals surface area (Å²) in [5.41, 5.74) is 2.13. The van der Waals surface area contributed by atoms with Crippen LogP contribution in [0.3, 0.4) is 0 Å². The van der Waals surface area contributed by atoms with Crippen molar-refractivity contribution < 1.29 is 9.47 Å². The first kappa shape index (κ1) is 25.8. The number of hydrogen-bond acceptors (Lipinski definition) is 4. The van der Waals surface area contributed by atoms with Gasteiger partial charge in [-0.2, -0.15) is 0 Å². The fraction of sp³-hybridized carbons (Fsp3) is 0.400. The fourth-order valence-electron chi connectivity index (χ4n) is 2.47. The molecular weight excluding hydrogens is 407 g/mol. The van der Waals surface area contributed by atoms with Gasteiger partial charge in [0.25, 0.3) is 0 Å². The predicted molar refractivity (Wildman–Crippen MR) is 118 cm³/mol. The van der Waals surface area contributed by atoms with Crippen LogP contribution >= 0.6 is 36.4 Å². The lowest BCUT2D eigenvalue weighted by molar-refractivity contribution is 0.284. The molecule has 0 radical (unpaired) electrons. The topological polar surface area (TPSA) is 33.7 Å². The molecule has 0 aromatic heterocycles. The van der Waals surface area contributed by atoms with Crippen LogP contribution in [-0.2, 0) is 13.2 Å². The number of ether oxygens (including phenoxy) is 2. The smallest absolute Gasteiger partial charge is 0.161 e. The molecule has 0 aliphatic rings. The molecule has 1 N–H and O–H groups in total. The lowest BCUT2D eigenvalue weighted by Gasteiger charge is -2.14. The maximum Gasteiger partial charge on any atom is 0.161 e. The molecule has 152 valence electrons. The van der Waals surface area contributed by atoms with Crippen LogP contribution in [0.4, 0.5) is 0 Å². The number of benzene rings is 2. The minimum absolute atomic E-state index is 0. The van der Waals surface area contributed by atoms with Gasteiger partial charge in [-0.15, -0.1) is 24.8 Å². The Morgan fingerprint density at radius 2 is 1.78 bits per heavy atom. The highest BCUT2D eigenvalue weighted by molar-refractivity contribution is 6.31. The first-order valence-corrected chi connectivity index (χ1v) is 8.86. The molecule has 0 saturated carbocycles. The van der Waals surface area contributed by atoms with Crippen LogP contribution in [0, 0.1) is 0 Å². The molecule has 0 spiro atoms. The van der Waals surface area contributed by atoms with E-state index in [4.69, 9.17) is 21.1 Å². The van der Waals surface area contributed by atoms with Crippen LogP contribution in [0.25, 0.3) is 0 Å². The molecule has 0 fully saturated rings. The van der Waals surface area contributed by atoms with Crippen molar-refractivity contribution in [3.05, 3.63) is 58.6 Å². The summed E-state index contributed by atoms with van der Waals surface area (Å²) < 4.78 is 11.4. The SMILES string of the molecule is COc1cc(CNCCCN(C)C)ccc1OCc1ccccc1Cl.Cl.Cl. The van der Waals surface area contributed by atoms with Gasteiger partial charge in [0.2, 0.25) is 0 Å². The van der Waals surface area contributed by atoms with Crippen molar-refractivity contribution in [2.24, 2.45) is 0 Å². The molecule has 0 saturated heterocycles. The quantitative estimate of drug-likeness (QED) is 0.543. The summed E-state index contributed by atoms with van der Waals surface area (Å²) in [6.45, 7) is 3.31. The summed E-state index contributed by atoms with van der Waals surface area (Å²) >= 11 is 6.17. The minimum Gasteiger partial charge on any atom is -0.493 e. The monoisotopic (exact) mass is 434 g/mol. The van der Waals surface area contributed by atoms with Gasteiger partial charge in [0.15, 0.2) is 11.5 Å². The predicted octanol–water partition coefficient (Wildman–Crippen LogP) is 4.81. The normalized spacial score (nSPS) is 10.1. The third-order valence-corrected chi connectivity index (χ3v) is 4.23. The number of nitrogens with zero attached hydrogens (tertiary/aromatic N) is 1. The zero-order chi connectivity index (χ0) is 18.1. The molecule has 0 unspecified atom stereocenters. The molecule has 2 rings (SSSR count). The van der Waals surface area contributed by atoms with Crippen LogP contribution in [0.1, 0.15) is 17.5 Å². The van der Waals surface area contributed by atoms with Crippen LogP contribution in [-0.4, -0.2) is 39.2 Å². The highest BCUT2D eigenvalue weighted by Gasteiger charge is 2.07. The number of hydrogen-bond donors (Lipinski definition) is 1. The molecule has 7 heteroatoms. The third-order valence-electron chi connectivity index (χ3n) is 3.86. The van der Waals surface area contributed by atoms with Crippen LogP contribution in [0.5, 0.6) is 11.5 Å². The van der Waals surface area contributed by atoms with E-state index in [1.807, 2.05) is 36.4 Å². The second-order valence-corrected chi connectivity index (χ2v) is 6.61. The standard InChI is InChI=1S/C20H27ClN2O2.2ClH/c1-23(2)12-6-11-22-14-16-9-10-19(20(13-16)24-3)25-15-17-7-4-5-8-18(17)21;;/h4-5,7-10,13,22H,6,11-12,14-15H2,1-3H3;2*1H. The second kappa shape index (κ2) is 13.9. The maximum atomic E-state index is 6.17. The molecule has 0 aliphatic heterocycles. The average molecular weight is 436 g/mol. The minimum atomic E-state index is 0. The van der Waals surface area contributed by atoms with Crippen molar-refractivity contribution >= 4 is 36.4 Å². The Hall–Kier alpha value is -1.17. The van der Waals surface area contributed by atoms with E-state index in [1.54, 1.807) is 7.11 Å². The van der Waals surface area contributed by atoms with Gasteiger partial charge in [-0.3, -0.25) is 0 Å². The summed E-state index contributed by atoms with van der Waals surface area (Å²) in [7, 11) is 5.84. The molecule has 0 aliphatic carbocycles. The Bertz CT molecular complexity index is 669. The van der Waals surface area contributed by atoms with E-state index in [9.17, 15) is 0 Å². The van der Waals surface area contributed by atoms with Crippen molar-refractivity contribution in [2.75, 3.05) is 34.3 Å². The number of rotatable bonds is 10. The Kier molecular flexibility index (Phi) is 13.3. The molecule has 0 heterocycles.